The number of nitrogens with one attached hydrogen (secondary N) is 3. The number of fused-ring (bicyclic) bond motifs is 1. The Morgan fingerprint density at radius 1 is 1.28 bits per heavy atom. The maximum absolute atomic E-state index is 13.6. The Hall–Kier alpha value is -4.11. The molecule has 1 aliphatic rings. The summed E-state index contributed by atoms with van der Waals surface area (Å²) in [6.07, 6.45) is 3.94. The van der Waals surface area contributed by atoms with E-state index in [2.05, 4.69) is 32.9 Å². The van der Waals surface area contributed by atoms with E-state index in [9.17, 15) is 4.79 Å². The van der Waals surface area contributed by atoms with E-state index in [-0.39, 0.29) is 11.9 Å². The summed E-state index contributed by atoms with van der Waals surface area (Å²) in [6, 6.07) is 10.8. The van der Waals surface area contributed by atoms with Crippen molar-refractivity contribution in [1.82, 2.24) is 15.6 Å². The Bertz CT molecular complexity index is 1500. The number of aryl methyl sites for hydroxylation is 2. The molecule has 2 unspecified atom stereocenters. The van der Waals surface area contributed by atoms with Crippen molar-refractivity contribution >= 4 is 46.8 Å². The lowest BCUT2D eigenvalue weighted by molar-refractivity contribution is -0.118. The van der Waals surface area contributed by atoms with Crippen LogP contribution < -0.4 is 21.7 Å². The Balaban J connectivity index is 1.68. The fraction of sp³-hybridized carbons (Fsp3) is 0.310. The minimum Gasteiger partial charge on any atom is -0.423 e. The van der Waals surface area contributed by atoms with Gasteiger partial charge in [0.15, 0.2) is 5.58 Å². The molecule has 1 amide bonds. The number of hydrogen-bond acceptors (Lipinski definition) is 8. The number of carbonyl (C=O) groups is 1. The van der Waals surface area contributed by atoms with Gasteiger partial charge in [-0.2, -0.15) is 4.98 Å². The number of benzene rings is 2. The average molecular weight is 548 g/mol. The highest BCUT2D eigenvalue weighted by Crippen LogP contribution is 2.36. The zero-order valence-corrected chi connectivity index (χ0v) is 23.6. The van der Waals surface area contributed by atoms with Crippen LogP contribution in [0.2, 0.25) is 5.02 Å². The van der Waals surface area contributed by atoms with Crippen LogP contribution in [0.5, 0.6) is 0 Å². The molecule has 2 heterocycles. The molecule has 0 aliphatic carbocycles. The highest BCUT2D eigenvalue weighted by atomic mass is 35.5. The summed E-state index contributed by atoms with van der Waals surface area (Å²) < 4.78 is 6.01. The molecule has 5 N–H and O–H groups in total. The van der Waals surface area contributed by atoms with Crippen LogP contribution in [0.3, 0.4) is 0 Å². The quantitative estimate of drug-likeness (QED) is 0.288. The maximum Gasteiger partial charge on any atom is 0.302 e. The van der Waals surface area contributed by atoms with Crippen LogP contribution in [-0.4, -0.2) is 35.7 Å². The molecule has 0 saturated carbocycles. The Kier molecular flexibility index (Phi) is 8.71. The molecular weight excluding hydrogens is 514 g/mol. The molecule has 3 aromatic rings. The van der Waals surface area contributed by atoms with Crippen molar-refractivity contribution in [2.24, 2.45) is 15.7 Å². The number of aliphatic imine (C=N–C) groups is 2. The third kappa shape index (κ3) is 6.15. The van der Waals surface area contributed by atoms with Gasteiger partial charge in [0, 0.05) is 40.8 Å². The van der Waals surface area contributed by atoms with Crippen molar-refractivity contribution < 1.29 is 9.21 Å². The van der Waals surface area contributed by atoms with E-state index >= 15 is 0 Å². The van der Waals surface area contributed by atoms with Gasteiger partial charge in [-0.05, 0) is 57.4 Å². The molecule has 10 heteroatoms. The summed E-state index contributed by atoms with van der Waals surface area (Å²) in [4.78, 5) is 27.3. The number of rotatable bonds is 8. The first kappa shape index (κ1) is 27.9. The van der Waals surface area contributed by atoms with E-state index < -0.39 is 6.04 Å². The van der Waals surface area contributed by atoms with Crippen LogP contribution in [0.25, 0.3) is 11.1 Å². The van der Waals surface area contributed by atoms with Gasteiger partial charge in [0.1, 0.15) is 11.6 Å². The van der Waals surface area contributed by atoms with E-state index in [1.165, 1.54) is 6.20 Å². The number of nitrogens with zero attached hydrogens (tertiary/aromatic N) is 3. The van der Waals surface area contributed by atoms with Crippen LogP contribution in [0.4, 0.5) is 6.01 Å². The van der Waals surface area contributed by atoms with Crippen LogP contribution >= 0.6 is 11.6 Å². The minimum absolute atomic E-state index is 0.296. The molecule has 0 spiro atoms. The van der Waals surface area contributed by atoms with E-state index in [1.54, 1.807) is 6.21 Å². The van der Waals surface area contributed by atoms with Crippen molar-refractivity contribution in [3.05, 3.63) is 81.2 Å². The van der Waals surface area contributed by atoms with Crippen LogP contribution in [0.15, 0.2) is 73.8 Å². The summed E-state index contributed by atoms with van der Waals surface area (Å²) in [5, 5.41) is 9.88. The summed E-state index contributed by atoms with van der Waals surface area (Å²) in [5.74, 6) is 0.0941. The highest BCUT2D eigenvalue weighted by molar-refractivity contribution is 6.31. The maximum atomic E-state index is 13.6. The first-order valence-electron chi connectivity index (χ1n) is 12.9. The lowest BCUT2D eigenvalue weighted by Crippen LogP contribution is -2.42. The van der Waals surface area contributed by atoms with Crippen molar-refractivity contribution in [1.29, 1.82) is 0 Å². The first-order chi connectivity index (χ1) is 18.7. The number of guanidine groups is 1. The first-order valence-corrected chi connectivity index (χ1v) is 13.3. The second-order valence-corrected chi connectivity index (χ2v) is 9.73. The Morgan fingerprint density at radius 2 is 2.08 bits per heavy atom. The highest BCUT2D eigenvalue weighted by Gasteiger charge is 2.32. The van der Waals surface area contributed by atoms with E-state index in [4.69, 9.17) is 26.7 Å². The third-order valence-corrected chi connectivity index (χ3v) is 6.83. The second-order valence-electron chi connectivity index (χ2n) is 9.32. The van der Waals surface area contributed by atoms with Crippen molar-refractivity contribution in [3.63, 3.8) is 0 Å². The number of halogens is 1. The summed E-state index contributed by atoms with van der Waals surface area (Å²) >= 11 is 6.67. The number of aromatic nitrogens is 1. The number of amides is 1. The zero-order valence-electron chi connectivity index (χ0n) is 22.8. The van der Waals surface area contributed by atoms with E-state index in [1.807, 2.05) is 64.1 Å². The molecule has 1 aromatic heterocycles. The Labute approximate surface area is 233 Å². The van der Waals surface area contributed by atoms with E-state index in [0.717, 1.165) is 28.6 Å². The molecule has 0 bridgehead atoms. The molecule has 9 nitrogen and oxygen atoms in total. The lowest BCUT2D eigenvalue weighted by atomic mass is 9.94. The zero-order chi connectivity index (χ0) is 28.1. The molecule has 4 rings (SSSR count). The second kappa shape index (κ2) is 12.2. The third-order valence-electron chi connectivity index (χ3n) is 6.50. The normalized spacial score (nSPS) is 16.8. The molecule has 204 valence electrons. The lowest BCUT2D eigenvalue weighted by Gasteiger charge is -2.28. The average Bonchev–Trinajstić information content (AvgIpc) is 3.31. The summed E-state index contributed by atoms with van der Waals surface area (Å²) in [7, 11) is 0. The molecule has 0 radical (unpaired) electrons. The standard InChI is InChI=1S/C29H34ClN7O2/c1-6-19-9-8-10-23-26(19)39-29(35-23)37-28-34-18(5)24(25(36-28)21-12-11-16(3)13-22(21)30)27(38)33-17(4)20(14-31)15-32-7-2/h8-15,17,25H,6-7,31H2,1-5H3,(H,33,38)(H2,34,35,36,37). The molecule has 0 saturated heterocycles. The van der Waals surface area contributed by atoms with Gasteiger partial charge in [-0.1, -0.05) is 42.8 Å². The largest absolute Gasteiger partial charge is 0.423 e. The molecular formula is C29H34ClN7O2. The number of carbonyl (C=O) groups excluding carboxylic acids is 1. The van der Waals surface area contributed by atoms with Crippen LogP contribution in [0, 0.1) is 6.92 Å². The predicted octanol–water partition coefficient (Wildman–Crippen LogP) is 5.18. The molecule has 39 heavy (non-hydrogen) atoms. The van der Waals surface area contributed by atoms with Gasteiger partial charge in [0.05, 0.1) is 11.6 Å². The molecule has 1 aliphatic heterocycles. The van der Waals surface area contributed by atoms with Crippen LogP contribution in [0.1, 0.15) is 50.4 Å². The van der Waals surface area contributed by atoms with Gasteiger partial charge >= 0.3 is 6.01 Å². The van der Waals surface area contributed by atoms with Gasteiger partial charge in [-0.25, -0.2) is 4.99 Å². The smallest absolute Gasteiger partial charge is 0.302 e. The number of oxazole rings is 1. The van der Waals surface area contributed by atoms with Crippen LogP contribution in [-0.2, 0) is 11.2 Å². The fourth-order valence-corrected chi connectivity index (χ4v) is 4.74. The number of allylic oxidation sites excluding steroid dienone is 1. The van der Waals surface area contributed by atoms with E-state index in [0.29, 0.717) is 45.9 Å². The number of anilines is 1. The summed E-state index contributed by atoms with van der Waals surface area (Å²) in [6.45, 7) is 10.2. The predicted molar refractivity (Wildman–Crippen MR) is 158 cm³/mol. The number of nitrogens with two attached hydrogens (primary N) is 1. The van der Waals surface area contributed by atoms with Gasteiger partial charge in [0.2, 0.25) is 5.96 Å². The SMILES string of the molecule is CCN=CC(=CN)C(C)NC(=O)C1=C(C)NC(Nc2nc3cccc(CC)c3o2)=NC1c1ccc(C)cc1Cl. The monoisotopic (exact) mass is 547 g/mol. The van der Waals surface area contributed by atoms with Crippen molar-refractivity contribution in [2.45, 2.75) is 53.1 Å². The Morgan fingerprint density at radius 3 is 2.77 bits per heavy atom. The molecule has 2 atom stereocenters. The van der Waals surface area contributed by atoms with Crippen molar-refractivity contribution in [2.75, 3.05) is 11.9 Å². The number of para-hydroxylation sites is 1. The van der Waals surface area contributed by atoms with Gasteiger partial charge in [-0.3, -0.25) is 15.1 Å². The molecule has 0 fully saturated rings. The molecule has 2 aromatic carbocycles. The van der Waals surface area contributed by atoms with Gasteiger partial charge in [-0.15, -0.1) is 0 Å². The fourth-order valence-electron chi connectivity index (χ4n) is 4.41. The van der Waals surface area contributed by atoms with Crippen molar-refractivity contribution in [3.8, 4) is 0 Å². The minimum atomic E-state index is -0.681. The summed E-state index contributed by atoms with van der Waals surface area (Å²) in [5.41, 5.74) is 11.8. The van der Waals surface area contributed by atoms with Gasteiger partial charge in [0.25, 0.3) is 5.91 Å². The topological polar surface area (TPSA) is 130 Å². The number of hydrogen-bond donors (Lipinski definition) is 4. The van der Waals surface area contributed by atoms with Gasteiger partial charge < -0.3 is 20.8 Å².